The predicted octanol–water partition coefficient (Wildman–Crippen LogP) is 2.17. The number of carboxylic acids is 1. The van der Waals surface area contributed by atoms with E-state index in [-0.39, 0.29) is 12.5 Å². The Bertz CT molecular complexity index is 635. The van der Waals surface area contributed by atoms with Crippen LogP contribution < -0.4 is 0 Å². The van der Waals surface area contributed by atoms with Gasteiger partial charge in [-0.05, 0) is 11.8 Å². The van der Waals surface area contributed by atoms with E-state index >= 15 is 0 Å². The standard InChI is InChI=1S/C15H16N2O3/c1-2-7-17(10-14(18)19)15(20)13-9-16-8-11-5-3-4-6-12(11)13/h3-6,8-9H,2,7,10H2,1H3,(H,18,19). The maximum absolute atomic E-state index is 12.5. The fourth-order valence-electron chi connectivity index (χ4n) is 2.14. The second kappa shape index (κ2) is 6.14. The summed E-state index contributed by atoms with van der Waals surface area (Å²) in [4.78, 5) is 28.8. The van der Waals surface area contributed by atoms with Crippen LogP contribution in [0.15, 0.2) is 36.7 Å². The van der Waals surface area contributed by atoms with Gasteiger partial charge in [0.15, 0.2) is 0 Å². The number of nitrogens with zero attached hydrogens (tertiary/aromatic N) is 2. The van der Waals surface area contributed by atoms with Crippen molar-refractivity contribution in [3.8, 4) is 0 Å². The molecule has 1 amide bonds. The Morgan fingerprint density at radius 3 is 2.70 bits per heavy atom. The second-order valence-corrected chi connectivity index (χ2v) is 4.53. The van der Waals surface area contributed by atoms with Crippen LogP contribution >= 0.6 is 0 Å². The normalized spacial score (nSPS) is 10.4. The van der Waals surface area contributed by atoms with Crippen LogP contribution in [0.25, 0.3) is 10.8 Å². The number of carbonyl (C=O) groups excluding carboxylic acids is 1. The summed E-state index contributed by atoms with van der Waals surface area (Å²) >= 11 is 0. The maximum Gasteiger partial charge on any atom is 0.323 e. The van der Waals surface area contributed by atoms with Gasteiger partial charge in [-0.25, -0.2) is 0 Å². The SMILES string of the molecule is CCCN(CC(=O)O)C(=O)c1cncc2ccccc12. The molecule has 1 aromatic carbocycles. The van der Waals surface area contributed by atoms with Crippen LogP contribution in [-0.2, 0) is 4.79 Å². The molecular formula is C15H16N2O3. The Labute approximate surface area is 116 Å². The lowest BCUT2D eigenvalue weighted by molar-refractivity contribution is -0.137. The predicted molar refractivity (Wildman–Crippen MR) is 75.6 cm³/mol. The molecule has 1 heterocycles. The van der Waals surface area contributed by atoms with Crippen molar-refractivity contribution in [3.63, 3.8) is 0 Å². The lowest BCUT2D eigenvalue weighted by Gasteiger charge is -2.20. The second-order valence-electron chi connectivity index (χ2n) is 4.53. The molecule has 5 heteroatoms. The summed E-state index contributed by atoms with van der Waals surface area (Å²) in [6.45, 7) is 2.02. The van der Waals surface area contributed by atoms with Gasteiger partial charge in [0.2, 0.25) is 0 Å². The zero-order valence-corrected chi connectivity index (χ0v) is 11.2. The number of carboxylic acid groups (broad SMARTS) is 1. The molecule has 0 spiro atoms. The first-order chi connectivity index (χ1) is 9.63. The zero-order chi connectivity index (χ0) is 14.5. The Kier molecular flexibility index (Phi) is 4.30. The molecule has 0 unspecified atom stereocenters. The summed E-state index contributed by atoms with van der Waals surface area (Å²) in [7, 11) is 0. The van der Waals surface area contributed by atoms with E-state index in [1.165, 1.54) is 11.1 Å². The van der Waals surface area contributed by atoms with Crippen molar-refractivity contribution in [2.45, 2.75) is 13.3 Å². The maximum atomic E-state index is 12.5. The molecule has 0 atom stereocenters. The summed E-state index contributed by atoms with van der Waals surface area (Å²) in [5.41, 5.74) is 0.442. The molecule has 0 fully saturated rings. The smallest absolute Gasteiger partial charge is 0.323 e. The summed E-state index contributed by atoms with van der Waals surface area (Å²) in [6.07, 6.45) is 3.89. The number of hydrogen-bond acceptors (Lipinski definition) is 3. The number of pyridine rings is 1. The van der Waals surface area contributed by atoms with Gasteiger partial charge in [-0.3, -0.25) is 14.6 Å². The number of fused-ring (bicyclic) bond motifs is 1. The largest absolute Gasteiger partial charge is 0.480 e. The van der Waals surface area contributed by atoms with Crippen molar-refractivity contribution in [2.75, 3.05) is 13.1 Å². The van der Waals surface area contributed by atoms with E-state index in [1.54, 1.807) is 6.20 Å². The molecule has 20 heavy (non-hydrogen) atoms. The third-order valence-corrected chi connectivity index (χ3v) is 3.01. The molecule has 5 nitrogen and oxygen atoms in total. The Morgan fingerprint density at radius 2 is 2.00 bits per heavy atom. The fraction of sp³-hybridized carbons (Fsp3) is 0.267. The molecule has 2 rings (SSSR count). The average Bonchev–Trinajstić information content (AvgIpc) is 2.45. The highest BCUT2D eigenvalue weighted by Crippen LogP contribution is 2.18. The molecule has 0 bridgehead atoms. The first kappa shape index (κ1) is 14.0. The van der Waals surface area contributed by atoms with Gasteiger partial charge in [-0.15, -0.1) is 0 Å². The Balaban J connectivity index is 2.40. The van der Waals surface area contributed by atoms with Gasteiger partial charge in [0.1, 0.15) is 6.54 Å². The molecule has 0 aliphatic heterocycles. The van der Waals surface area contributed by atoms with Gasteiger partial charge >= 0.3 is 5.97 Å². The number of aliphatic carboxylic acids is 1. The lowest BCUT2D eigenvalue weighted by atomic mass is 10.1. The number of carbonyl (C=O) groups is 2. The minimum absolute atomic E-state index is 0.293. The summed E-state index contributed by atoms with van der Waals surface area (Å²) in [5, 5.41) is 10.6. The van der Waals surface area contributed by atoms with E-state index in [1.807, 2.05) is 31.2 Å². The van der Waals surface area contributed by atoms with Crippen molar-refractivity contribution in [3.05, 3.63) is 42.2 Å². The lowest BCUT2D eigenvalue weighted by Crippen LogP contribution is -2.36. The summed E-state index contributed by atoms with van der Waals surface area (Å²) < 4.78 is 0. The monoisotopic (exact) mass is 272 g/mol. The van der Waals surface area contributed by atoms with Crippen LogP contribution in [-0.4, -0.2) is 40.0 Å². The van der Waals surface area contributed by atoms with Crippen molar-refractivity contribution in [1.29, 1.82) is 0 Å². The van der Waals surface area contributed by atoms with Gasteiger partial charge in [-0.2, -0.15) is 0 Å². The third kappa shape index (κ3) is 2.93. The highest BCUT2D eigenvalue weighted by atomic mass is 16.4. The molecular weight excluding hydrogens is 256 g/mol. The van der Waals surface area contributed by atoms with Crippen LogP contribution in [0.1, 0.15) is 23.7 Å². The van der Waals surface area contributed by atoms with Crippen molar-refractivity contribution >= 4 is 22.6 Å². The van der Waals surface area contributed by atoms with Gasteiger partial charge in [0, 0.05) is 24.3 Å². The molecule has 1 N–H and O–H groups in total. The number of benzene rings is 1. The fourth-order valence-corrected chi connectivity index (χ4v) is 2.14. The zero-order valence-electron chi connectivity index (χ0n) is 11.2. The average molecular weight is 272 g/mol. The van der Waals surface area contributed by atoms with Crippen LogP contribution in [0.2, 0.25) is 0 Å². The minimum Gasteiger partial charge on any atom is -0.480 e. The van der Waals surface area contributed by atoms with E-state index in [2.05, 4.69) is 4.98 Å². The molecule has 1 aromatic heterocycles. The van der Waals surface area contributed by atoms with Crippen molar-refractivity contribution in [1.82, 2.24) is 9.88 Å². The van der Waals surface area contributed by atoms with Gasteiger partial charge < -0.3 is 10.0 Å². The van der Waals surface area contributed by atoms with E-state index in [0.717, 1.165) is 10.8 Å². The summed E-state index contributed by atoms with van der Waals surface area (Å²) in [5.74, 6) is -1.31. The minimum atomic E-state index is -1.01. The molecule has 0 saturated carbocycles. The van der Waals surface area contributed by atoms with E-state index in [0.29, 0.717) is 18.5 Å². The third-order valence-electron chi connectivity index (χ3n) is 3.01. The molecule has 104 valence electrons. The topological polar surface area (TPSA) is 70.5 Å². The first-order valence-corrected chi connectivity index (χ1v) is 6.47. The number of rotatable bonds is 5. The van der Waals surface area contributed by atoms with Crippen LogP contribution in [0.4, 0.5) is 0 Å². The van der Waals surface area contributed by atoms with Crippen molar-refractivity contribution < 1.29 is 14.7 Å². The quantitative estimate of drug-likeness (QED) is 0.905. The Hall–Kier alpha value is -2.43. The highest BCUT2D eigenvalue weighted by Gasteiger charge is 2.19. The van der Waals surface area contributed by atoms with Crippen LogP contribution in [0.3, 0.4) is 0 Å². The van der Waals surface area contributed by atoms with Gasteiger partial charge in [-0.1, -0.05) is 31.2 Å². The van der Waals surface area contributed by atoms with E-state index in [9.17, 15) is 9.59 Å². The number of aromatic nitrogens is 1. The molecule has 0 aliphatic rings. The van der Waals surface area contributed by atoms with E-state index < -0.39 is 5.97 Å². The number of hydrogen-bond donors (Lipinski definition) is 1. The van der Waals surface area contributed by atoms with Crippen LogP contribution in [0.5, 0.6) is 0 Å². The first-order valence-electron chi connectivity index (χ1n) is 6.47. The molecule has 0 saturated heterocycles. The van der Waals surface area contributed by atoms with Crippen molar-refractivity contribution in [2.24, 2.45) is 0 Å². The Morgan fingerprint density at radius 1 is 1.25 bits per heavy atom. The summed E-state index contributed by atoms with van der Waals surface area (Å²) in [6, 6.07) is 7.44. The molecule has 0 radical (unpaired) electrons. The number of amides is 1. The highest BCUT2D eigenvalue weighted by molar-refractivity contribution is 6.07. The van der Waals surface area contributed by atoms with Gasteiger partial charge in [0.25, 0.3) is 5.91 Å². The molecule has 2 aromatic rings. The van der Waals surface area contributed by atoms with Crippen LogP contribution in [0, 0.1) is 0 Å². The van der Waals surface area contributed by atoms with Gasteiger partial charge in [0.05, 0.1) is 5.56 Å². The molecule has 0 aliphatic carbocycles. The van der Waals surface area contributed by atoms with E-state index in [4.69, 9.17) is 5.11 Å².